The zero-order valence-electron chi connectivity index (χ0n) is 27.2. The van der Waals surface area contributed by atoms with Crippen molar-refractivity contribution < 1.29 is 24.2 Å². The maximum Gasteiger partial charge on any atom is 0.318 e. The highest BCUT2D eigenvalue weighted by molar-refractivity contribution is 5.87. The fourth-order valence-corrected chi connectivity index (χ4v) is 5.81. The van der Waals surface area contributed by atoms with E-state index in [9.17, 15) is 19.5 Å². The van der Waals surface area contributed by atoms with E-state index in [4.69, 9.17) is 4.74 Å². The highest BCUT2D eigenvalue weighted by Crippen LogP contribution is 2.22. The van der Waals surface area contributed by atoms with Crippen LogP contribution in [0.2, 0.25) is 0 Å². The average Bonchev–Trinajstić information content (AvgIpc) is 3.02. The van der Waals surface area contributed by atoms with Crippen LogP contribution in [0.4, 0.5) is 4.79 Å². The van der Waals surface area contributed by atoms with Crippen molar-refractivity contribution in [1.82, 2.24) is 26.0 Å². The summed E-state index contributed by atoms with van der Waals surface area (Å²) >= 11 is 0. The van der Waals surface area contributed by atoms with Crippen LogP contribution in [0.5, 0.6) is 5.75 Å². The number of hydrogen-bond donors (Lipinski definition) is 4. The van der Waals surface area contributed by atoms with Crippen molar-refractivity contribution in [2.24, 2.45) is 5.92 Å². The highest BCUT2D eigenvalue weighted by Gasteiger charge is 2.35. The van der Waals surface area contributed by atoms with Gasteiger partial charge >= 0.3 is 6.03 Å². The van der Waals surface area contributed by atoms with Gasteiger partial charge in [0.2, 0.25) is 0 Å². The minimum absolute atomic E-state index is 0.0210. The van der Waals surface area contributed by atoms with Crippen molar-refractivity contribution in [3.05, 3.63) is 101 Å². The van der Waals surface area contributed by atoms with Crippen molar-refractivity contribution in [2.45, 2.75) is 65.3 Å². The Hall–Kier alpha value is -4.41. The summed E-state index contributed by atoms with van der Waals surface area (Å²) in [7, 11) is 0. The van der Waals surface area contributed by atoms with Crippen LogP contribution in [-0.4, -0.2) is 77.3 Å². The Balaban J connectivity index is 1.52. The third kappa shape index (κ3) is 9.79. The second-order valence-corrected chi connectivity index (χ2v) is 12.3. The fourth-order valence-electron chi connectivity index (χ4n) is 5.81. The summed E-state index contributed by atoms with van der Waals surface area (Å²) < 4.78 is 5.89. The largest absolute Gasteiger partial charge is 0.483 e. The molecule has 4 N–H and O–H groups in total. The molecule has 4 rings (SSSR count). The number of amides is 4. The third-order valence-electron chi connectivity index (χ3n) is 8.11. The molecule has 46 heavy (non-hydrogen) atoms. The smallest absolute Gasteiger partial charge is 0.318 e. The molecule has 3 aromatic carbocycles. The topological polar surface area (TPSA) is 123 Å². The summed E-state index contributed by atoms with van der Waals surface area (Å²) in [5, 5.41) is 19.1. The Labute approximate surface area is 272 Å². The van der Waals surface area contributed by atoms with Gasteiger partial charge in [0.05, 0.1) is 12.1 Å². The van der Waals surface area contributed by atoms with Gasteiger partial charge in [0.25, 0.3) is 11.8 Å². The lowest BCUT2D eigenvalue weighted by Gasteiger charge is -2.38. The first-order valence-electron chi connectivity index (χ1n) is 16.0. The number of hydrogen-bond acceptors (Lipinski definition) is 6. The molecule has 3 atom stereocenters. The molecule has 246 valence electrons. The molecule has 1 saturated heterocycles. The maximum atomic E-state index is 13.8. The lowest BCUT2D eigenvalue weighted by atomic mass is 10.00. The number of carbonyl (C=O) groups excluding carboxylic acids is 3. The predicted octanol–water partition coefficient (Wildman–Crippen LogP) is 3.74. The van der Waals surface area contributed by atoms with Crippen LogP contribution in [0, 0.1) is 19.8 Å². The predicted molar refractivity (Wildman–Crippen MR) is 178 cm³/mol. The first-order chi connectivity index (χ1) is 22.1. The van der Waals surface area contributed by atoms with E-state index in [0.29, 0.717) is 31.8 Å². The SMILES string of the molecule is Cc1cccc(C)c1OCC(=O)N[C@@H](Cc1ccccc1)[C@@H](O)CN(Cc1ccccc1)NC(=O)C(C(C)C)N1CCCNC1=O. The normalized spacial score (nSPS) is 15.2. The first kappa shape index (κ1) is 34.5. The quantitative estimate of drug-likeness (QED) is 0.190. The lowest BCUT2D eigenvalue weighted by Crippen LogP contribution is -2.61. The van der Waals surface area contributed by atoms with Gasteiger partial charge in [0.1, 0.15) is 11.8 Å². The average molecular weight is 630 g/mol. The molecule has 1 heterocycles. The molecule has 0 bridgehead atoms. The Morgan fingerprint density at radius 1 is 0.957 bits per heavy atom. The van der Waals surface area contributed by atoms with Gasteiger partial charge in [-0.2, -0.15) is 0 Å². The van der Waals surface area contributed by atoms with E-state index in [1.807, 2.05) is 107 Å². The maximum absolute atomic E-state index is 13.8. The molecule has 10 nitrogen and oxygen atoms in total. The van der Waals surface area contributed by atoms with Gasteiger partial charge in [-0.15, -0.1) is 0 Å². The molecule has 0 aliphatic carbocycles. The molecule has 0 radical (unpaired) electrons. The molecular formula is C36H47N5O5. The number of benzene rings is 3. The Bertz CT molecular complexity index is 1410. The van der Waals surface area contributed by atoms with Crippen LogP contribution in [0.15, 0.2) is 78.9 Å². The summed E-state index contributed by atoms with van der Waals surface area (Å²) in [4.78, 5) is 41.2. The Kier molecular flexibility index (Phi) is 12.6. The molecule has 1 fully saturated rings. The summed E-state index contributed by atoms with van der Waals surface area (Å²) in [6.45, 7) is 8.87. The van der Waals surface area contributed by atoms with Crippen LogP contribution >= 0.6 is 0 Å². The van der Waals surface area contributed by atoms with E-state index in [2.05, 4.69) is 16.1 Å². The second-order valence-electron chi connectivity index (χ2n) is 12.3. The van der Waals surface area contributed by atoms with Crippen LogP contribution < -0.4 is 20.8 Å². The molecule has 1 aliphatic heterocycles. The second kappa shape index (κ2) is 16.8. The zero-order chi connectivity index (χ0) is 33.1. The number of ether oxygens (including phenoxy) is 1. The Morgan fingerprint density at radius 3 is 2.20 bits per heavy atom. The number of aliphatic hydroxyl groups excluding tert-OH is 1. The highest BCUT2D eigenvalue weighted by atomic mass is 16.5. The number of aliphatic hydroxyl groups is 1. The van der Waals surface area contributed by atoms with E-state index in [0.717, 1.165) is 28.7 Å². The van der Waals surface area contributed by atoms with Crippen LogP contribution in [-0.2, 0) is 22.6 Å². The van der Waals surface area contributed by atoms with E-state index in [1.165, 1.54) is 0 Å². The van der Waals surface area contributed by atoms with Gasteiger partial charge in [-0.1, -0.05) is 92.7 Å². The van der Waals surface area contributed by atoms with E-state index in [-0.39, 0.29) is 36.9 Å². The van der Waals surface area contributed by atoms with Crippen LogP contribution in [0.25, 0.3) is 0 Å². The van der Waals surface area contributed by atoms with E-state index in [1.54, 1.807) is 9.91 Å². The number of nitrogens with one attached hydrogen (secondary N) is 3. The van der Waals surface area contributed by atoms with Crippen molar-refractivity contribution in [1.29, 1.82) is 0 Å². The molecule has 3 aromatic rings. The standard InChI is InChI=1S/C36H47N5O5/c1-25(2)33(41-20-12-19-37-36(41)45)35(44)39-40(22-29-17-9-6-10-18-29)23-31(42)30(21-28-15-7-5-8-16-28)38-32(43)24-46-34-26(3)13-11-14-27(34)4/h5-11,13-18,25,30-31,33,42H,12,19-24H2,1-4H3,(H,37,45)(H,38,43)(H,39,44)/t30-,31-,33?/m0/s1. The fraction of sp³-hybridized carbons (Fsp3) is 0.417. The molecule has 1 aliphatic rings. The summed E-state index contributed by atoms with van der Waals surface area (Å²) in [6, 6.07) is 23.4. The molecule has 1 unspecified atom stereocenters. The Morgan fingerprint density at radius 2 is 1.59 bits per heavy atom. The van der Waals surface area contributed by atoms with Gasteiger partial charge in [0, 0.05) is 26.2 Å². The van der Waals surface area contributed by atoms with Gasteiger partial charge in [0.15, 0.2) is 6.61 Å². The molecule has 10 heteroatoms. The number of rotatable bonds is 15. The monoisotopic (exact) mass is 629 g/mol. The third-order valence-corrected chi connectivity index (χ3v) is 8.11. The molecule has 4 amide bonds. The van der Waals surface area contributed by atoms with E-state index >= 15 is 0 Å². The summed E-state index contributed by atoms with van der Waals surface area (Å²) in [6.07, 6.45) is 0.0549. The van der Waals surface area contributed by atoms with Gasteiger partial charge in [-0.25, -0.2) is 9.80 Å². The number of para-hydroxylation sites is 1. The van der Waals surface area contributed by atoms with Crippen molar-refractivity contribution in [3.8, 4) is 5.75 Å². The number of carbonyl (C=O) groups is 3. The van der Waals surface area contributed by atoms with Crippen LogP contribution in [0.1, 0.15) is 42.5 Å². The van der Waals surface area contributed by atoms with Gasteiger partial charge < -0.3 is 25.4 Å². The number of aryl methyl sites for hydroxylation is 2. The van der Waals surface area contributed by atoms with E-state index < -0.39 is 18.2 Å². The summed E-state index contributed by atoms with van der Waals surface area (Å²) in [5.74, 6) is -0.177. The van der Waals surface area contributed by atoms with Gasteiger partial charge in [-0.05, 0) is 54.9 Å². The minimum atomic E-state index is -1.07. The number of hydrazine groups is 1. The molecule has 0 saturated carbocycles. The lowest BCUT2D eigenvalue weighted by molar-refractivity contribution is -0.133. The van der Waals surface area contributed by atoms with Crippen LogP contribution in [0.3, 0.4) is 0 Å². The zero-order valence-corrected chi connectivity index (χ0v) is 27.2. The number of nitrogens with zero attached hydrogens (tertiary/aromatic N) is 2. The van der Waals surface area contributed by atoms with Gasteiger partial charge in [-0.3, -0.25) is 15.0 Å². The van der Waals surface area contributed by atoms with Crippen molar-refractivity contribution in [3.63, 3.8) is 0 Å². The van der Waals surface area contributed by atoms with Crippen molar-refractivity contribution in [2.75, 3.05) is 26.2 Å². The molecular weight excluding hydrogens is 582 g/mol. The first-order valence-corrected chi connectivity index (χ1v) is 16.0. The van der Waals surface area contributed by atoms with Crippen molar-refractivity contribution >= 4 is 17.8 Å². The molecule has 0 spiro atoms. The summed E-state index contributed by atoms with van der Waals surface area (Å²) in [5.41, 5.74) is 6.74. The minimum Gasteiger partial charge on any atom is -0.483 e. The number of urea groups is 1. The molecule has 0 aromatic heterocycles.